The van der Waals surface area contributed by atoms with Crippen molar-refractivity contribution in [3.05, 3.63) is 23.7 Å². The number of furan rings is 1. The summed E-state index contributed by atoms with van der Waals surface area (Å²) < 4.78 is 23.5. The molecule has 0 bridgehead atoms. The second kappa shape index (κ2) is 12.4. The van der Waals surface area contributed by atoms with E-state index in [4.69, 9.17) is 23.6 Å². The summed E-state index contributed by atoms with van der Waals surface area (Å²) in [5.74, 6) is 2.87. The number of nitrogens with zero attached hydrogens (tertiary/aromatic N) is 3. The Labute approximate surface area is 202 Å². The van der Waals surface area contributed by atoms with Crippen molar-refractivity contribution in [2.45, 2.75) is 44.9 Å². The van der Waals surface area contributed by atoms with Crippen molar-refractivity contribution in [3.8, 4) is 0 Å². The average molecular weight is 548 g/mol. The third-order valence-electron chi connectivity index (χ3n) is 6.10. The summed E-state index contributed by atoms with van der Waals surface area (Å²) in [5, 5.41) is 3.48. The zero-order valence-corrected chi connectivity index (χ0v) is 21.1. The molecule has 4 heterocycles. The lowest BCUT2D eigenvalue weighted by Crippen LogP contribution is -2.53. The Morgan fingerprint density at radius 1 is 1.13 bits per heavy atom. The van der Waals surface area contributed by atoms with Gasteiger partial charge in [0.2, 0.25) is 0 Å². The summed E-state index contributed by atoms with van der Waals surface area (Å²) in [7, 11) is 0. The van der Waals surface area contributed by atoms with E-state index < -0.39 is 0 Å². The molecule has 0 spiro atoms. The number of nitrogens with one attached hydrogen (secondary N) is 1. The molecule has 31 heavy (non-hydrogen) atoms. The van der Waals surface area contributed by atoms with Crippen LogP contribution in [-0.2, 0) is 14.2 Å². The molecule has 0 aromatic carbocycles. The van der Waals surface area contributed by atoms with E-state index in [0.29, 0.717) is 13.2 Å². The van der Waals surface area contributed by atoms with Gasteiger partial charge in [0.25, 0.3) is 0 Å². The van der Waals surface area contributed by atoms with Crippen molar-refractivity contribution in [2.24, 2.45) is 4.99 Å². The van der Waals surface area contributed by atoms with Gasteiger partial charge < -0.3 is 28.8 Å². The van der Waals surface area contributed by atoms with Gasteiger partial charge in [-0.3, -0.25) is 9.89 Å². The number of hydrogen-bond donors (Lipinski definition) is 1. The van der Waals surface area contributed by atoms with Crippen molar-refractivity contribution in [1.82, 2.24) is 15.1 Å². The monoisotopic (exact) mass is 548 g/mol. The maximum Gasteiger partial charge on any atom is 0.194 e. The normalized spacial score (nSPS) is 26.5. The van der Waals surface area contributed by atoms with Gasteiger partial charge in [-0.05, 0) is 38.8 Å². The molecule has 3 aliphatic heterocycles. The molecule has 0 amide bonds. The number of ether oxygens (including phenoxy) is 3. The van der Waals surface area contributed by atoms with Gasteiger partial charge in [0.15, 0.2) is 5.96 Å². The van der Waals surface area contributed by atoms with Crippen LogP contribution in [0.4, 0.5) is 0 Å². The molecule has 3 fully saturated rings. The number of aliphatic imine (C=N–C) groups is 1. The molecule has 1 N–H and O–H groups in total. The lowest BCUT2D eigenvalue weighted by molar-refractivity contribution is -0.0817. The fourth-order valence-electron chi connectivity index (χ4n) is 4.49. The zero-order valence-electron chi connectivity index (χ0n) is 18.8. The van der Waals surface area contributed by atoms with E-state index in [0.717, 1.165) is 82.9 Å². The second-order valence-corrected chi connectivity index (χ2v) is 8.21. The van der Waals surface area contributed by atoms with E-state index in [1.165, 1.54) is 0 Å². The molecule has 176 valence electrons. The molecule has 9 heteroatoms. The Morgan fingerprint density at radius 2 is 1.94 bits per heavy atom. The number of guanidine groups is 1. The first-order valence-corrected chi connectivity index (χ1v) is 11.4. The number of aryl methyl sites for hydroxylation is 1. The lowest BCUT2D eigenvalue weighted by atomic mass is 10.1. The fraction of sp³-hybridized carbons (Fsp3) is 0.773. The zero-order chi connectivity index (χ0) is 20.8. The van der Waals surface area contributed by atoms with Crippen LogP contribution in [0.25, 0.3) is 0 Å². The smallest absolute Gasteiger partial charge is 0.194 e. The molecule has 1 aromatic rings. The van der Waals surface area contributed by atoms with E-state index in [2.05, 4.69) is 28.1 Å². The van der Waals surface area contributed by atoms with Gasteiger partial charge in [0, 0.05) is 39.3 Å². The van der Waals surface area contributed by atoms with Gasteiger partial charge >= 0.3 is 0 Å². The maximum atomic E-state index is 6.03. The predicted octanol–water partition coefficient (Wildman–Crippen LogP) is 2.42. The highest BCUT2D eigenvalue weighted by Gasteiger charge is 2.32. The Morgan fingerprint density at radius 3 is 2.61 bits per heavy atom. The summed E-state index contributed by atoms with van der Waals surface area (Å²) in [6.45, 7) is 12.1. The van der Waals surface area contributed by atoms with Crippen molar-refractivity contribution in [1.29, 1.82) is 0 Å². The quantitative estimate of drug-likeness (QED) is 0.333. The van der Waals surface area contributed by atoms with Crippen LogP contribution in [0.15, 0.2) is 21.5 Å². The molecule has 3 unspecified atom stereocenters. The van der Waals surface area contributed by atoms with E-state index in [1.54, 1.807) is 0 Å². The number of rotatable bonds is 6. The summed E-state index contributed by atoms with van der Waals surface area (Å²) in [4.78, 5) is 9.79. The van der Waals surface area contributed by atoms with Gasteiger partial charge in [-0.2, -0.15) is 0 Å². The van der Waals surface area contributed by atoms with Crippen molar-refractivity contribution in [2.75, 3.05) is 65.7 Å². The van der Waals surface area contributed by atoms with Crippen LogP contribution in [0, 0.1) is 6.92 Å². The van der Waals surface area contributed by atoms with Crippen molar-refractivity contribution >= 4 is 29.9 Å². The van der Waals surface area contributed by atoms with Gasteiger partial charge in [-0.15, -0.1) is 24.0 Å². The van der Waals surface area contributed by atoms with Crippen LogP contribution in [0.5, 0.6) is 0 Å². The molecule has 3 atom stereocenters. The molecular formula is C22H37IN4O4. The average Bonchev–Trinajstić information content (AvgIpc) is 3.46. The molecule has 1 aromatic heterocycles. The topological polar surface area (TPSA) is 71.7 Å². The standard InChI is InChI=1S/C22H36N4O4.HI/c1-3-23-22(26-10-14-29-21(16-26)20-5-4-11-28-20)24-15-18(19-7-6-17(2)30-19)25-8-12-27-13-9-25;/h6-7,18,20-21H,3-5,8-16H2,1-2H3,(H,23,24);1H. The summed E-state index contributed by atoms with van der Waals surface area (Å²) in [6, 6.07) is 4.23. The minimum absolute atomic E-state index is 0. The van der Waals surface area contributed by atoms with Crippen LogP contribution in [-0.4, -0.2) is 93.7 Å². The highest BCUT2D eigenvalue weighted by molar-refractivity contribution is 14.0. The van der Waals surface area contributed by atoms with Gasteiger partial charge in [-0.1, -0.05) is 0 Å². The maximum absolute atomic E-state index is 6.03. The highest BCUT2D eigenvalue weighted by atomic mass is 127. The van der Waals surface area contributed by atoms with Gasteiger partial charge in [0.05, 0.1) is 38.5 Å². The van der Waals surface area contributed by atoms with E-state index in [1.807, 2.05) is 13.0 Å². The number of halogens is 1. The van der Waals surface area contributed by atoms with Crippen LogP contribution in [0.1, 0.15) is 37.3 Å². The first-order chi connectivity index (χ1) is 14.7. The Bertz CT molecular complexity index is 689. The summed E-state index contributed by atoms with van der Waals surface area (Å²) in [5.41, 5.74) is 0. The number of hydrogen-bond acceptors (Lipinski definition) is 6. The molecule has 0 aliphatic carbocycles. The molecule has 0 radical (unpaired) electrons. The first-order valence-electron chi connectivity index (χ1n) is 11.4. The second-order valence-electron chi connectivity index (χ2n) is 8.21. The van der Waals surface area contributed by atoms with Crippen LogP contribution in [0.3, 0.4) is 0 Å². The first kappa shape index (κ1) is 24.8. The summed E-state index contributed by atoms with van der Waals surface area (Å²) in [6.07, 6.45) is 2.54. The minimum atomic E-state index is 0. The Hall–Kier alpha value is -0.880. The van der Waals surface area contributed by atoms with Gasteiger partial charge in [0.1, 0.15) is 17.6 Å². The molecular weight excluding hydrogens is 511 g/mol. The van der Waals surface area contributed by atoms with Gasteiger partial charge in [-0.25, -0.2) is 0 Å². The summed E-state index contributed by atoms with van der Waals surface area (Å²) >= 11 is 0. The predicted molar refractivity (Wildman–Crippen MR) is 130 cm³/mol. The van der Waals surface area contributed by atoms with Crippen LogP contribution < -0.4 is 5.32 Å². The lowest BCUT2D eigenvalue weighted by Gasteiger charge is -2.37. The molecule has 3 saturated heterocycles. The third-order valence-corrected chi connectivity index (χ3v) is 6.10. The molecule has 4 rings (SSSR count). The Kier molecular flexibility index (Phi) is 9.89. The van der Waals surface area contributed by atoms with Crippen molar-refractivity contribution in [3.63, 3.8) is 0 Å². The SMILES string of the molecule is CCNC(=NCC(c1ccc(C)o1)N1CCOCC1)N1CCOC(C2CCCO2)C1.I. The molecule has 3 aliphatic rings. The van der Waals surface area contributed by atoms with E-state index in [-0.39, 0.29) is 42.2 Å². The largest absolute Gasteiger partial charge is 0.465 e. The third kappa shape index (κ3) is 6.56. The fourth-order valence-corrected chi connectivity index (χ4v) is 4.49. The number of morpholine rings is 2. The highest BCUT2D eigenvalue weighted by Crippen LogP contribution is 2.25. The van der Waals surface area contributed by atoms with Crippen molar-refractivity contribution < 1.29 is 18.6 Å². The van der Waals surface area contributed by atoms with Crippen LogP contribution >= 0.6 is 24.0 Å². The molecule has 8 nitrogen and oxygen atoms in total. The van der Waals surface area contributed by atoms with Crippen LogP contribution in [0.2, 0.25) is 0 Å². The molecule has 0 saturated carbocycles. The minimum Gasteiger partial charge on any atom is -0.465 e. The Balaban J connectivity index is 0.00000272. The van der Waals surface area contributed by atoms with E-state index in [9.17, 15) is 0 Å². The van der Waals surface area contributed by atoms with E-state index >= 15 is 0 Å².